The monoisotopic (exact) mass is 499 g/mol. The Hall–Kier alpha value is -3.66. The van der Waals surface area contributed by atoms with Crippen molar-refractivity contribution in [3.63, 3.8) is 0 Å². The van der Waals surface area contributed by atoms with E-state index >= 15 is 0 Å². The fraction of sp³-hybridized carbons (Fsp3) is 0.333. The third kappa shape index (κ3) is 4.60. The van der Waals surface area contributed by atoms with Gasteiger partial charge in [0.25, 0.3) is 0 Å². The van der Waals surface area contributed by atoms with E-state index in [-0.39, 0.29) is 5.56 Å². The molecule has 2 unspecified atom stereocenters. The summed E-state index contributed by atoms with van der Waals surface area (Å²) in [6.45, 7) is 1.91. The van der Waals surface area contributed by atoms with E-state index in [0.717, 1.165) is 33.8 Å². The number of nitriles is 2. The normalized spacial score (nSPS) is 18.9. The van der Waals surface area contributed by atoms with Crippen molar-refractivity contribution in [3.8, 4) is 23.3 Å². The van der Waals surface area contributed by atoms with Gasteiger partial charge in [0.2, 0.25) is 0 Å². The van der Waals surface area contributed by atoms with Gasteiger partial charge < -0.3 is 4.90 Å². The van der Waals surface area contributed by atoms with Crippen LogP contribution in [0.5, 0.6) is 0 Å². The molecule has 3 aromatic heterocycles. The molecule has 2 saturated heterocycles. The van der Waals surface area contributed by atoms with Crippen LogP contribution in [-0.2, 0) is 0 Å². The molecule has 2 aliphatic heterocycles. The summed E-state index contributed by atoms with van der Waals surface area (Å²) in [6.07, 6.45) is 12.4. The van der Waals surface area contributed by atoms with E-state index in [4.69, 9.17) is 0 Å². The number of hydrogen-bond acceptors (Lipinski definition) is 6. The largest absolute Gasteiger partial charge is 0.300 e. The minimum absolute atomic E-state index is 0.237. The van der Waals surface area contributed by atoms with Crippen molar-refractivity contribution >= 4 is 17.3 Å². The maximum atomic E-state index is 13.5. The summed E-state index contributed by atoms with van der Waals surface area (Å²) in [4.78, 5) is 3.93. The van der Waals surface area contributed by atoms with Crippen molar-refractivity contribution in [1.82, 2.24) is 24.7 Å². The second-order valence-electron chi connectivity index (χ2n) is 9.30. The molecule has 2 bridgehead atoms. The lowest BCUT2D eigenvalue weighted by atomic mass is 10.0. The summed E-state index contributed by atoms with van der Waals surface area (Å²) in [5.74, 6) is -0.467. The Morgan fingerprint density at radius 1 is 1.03 bits per heavy atom. The third-order valence-corrected chi connectivity index (χ3v) is 8.29. The summed E-state index contributed by atoms with van der Waals surface area (Å²) < 4.78 is 15.1. The lowest BCUT2D eigenvalue weighted by Gasteiger charge is -2.30. The number of piperidine rings is 1. The highest BCUT2D eigenvalue weighted by molar-refractivity contribution is 7.99. The average molecular weight is 500 g/mol. The summed E-state index contributed by atoms with van der Waals surface area (Å²) >= 11 is 1.30. The molecule has 5 heterocycles. The van der Waals surface area contributed by atoms with Crippen LogP contribution in [0.25, 0.3) is 16.6 Å². The molecule has 2 atom stereocenters. The van der Waals surface area contributed by atoms with E-state index < -0.39 is 5.82 Å². The number of aromatic nitrogens is 4. The minimum Gasteiger partial charge on any atom is -0.300 e. The van der Waals surface area contributed by atoms with Gasteiger partial charge in [-0.3, -0.25) is 5.10 Å². The molecule has 1 aromatic carbocycles. The molecule has 0 amide bonds. The van der Waals surface area contributed by atoms with Crippen molar-refractivity contribution in [2.75, 3.05) is 7.05 Å². The predicted molar refractivity (Wildman–Crippen MR) is 136 cm³/mol. The molecular weight excluding hydrogens is 473 g/mol. The number of hydrogen-bond donors (Lipinski definition) is 1. The van der Waals surface area contributed by atoms with Crippen LogP contribution in [-0.4, -0.2) is 43.8 Å². The van der Waals surface area contributed by atoms with E-state index in [2.05, 4.69) is 33.3 Å². The van der Waals surface area contributed by atoms with Crippen LogP contribution in [0.2, 0.25) is 0 Å². The highest BCUT2D eigenvalue weighted by Crippen LogP contribution is 2.37. The van der Waals surface area contributed by atoms with Crippen LogP contribution < -0.4 is 0 Å². The van der Waals surface area contributed by atoms with Crippen LogP contribution in [0.15, 0.2) is 52.6 Å². The summed E-state index contributed by atoms with van der Waals surface area (Å²) in [6, 6.07) is 12.1. The van der Waals surface area contributed by atoms with Gasteiger partial charge in [-0.1, -0.05) is 18.2 Å². The predicted octanol–water partition coefficient (Wildman–Crippen LogP) is 5.70. The SMILES string of the molecule is CN1C2CCCC1CC2.Cc1[nH]ncc1-c1cc(Sc2ccc(F)cc2C#N)c2c(C#N)cnn2c1. The highest BCUT2D eigenvalue weighted by Gasteiger charge is 2.33. The van der Waals surface area contributed by atoms with Crippen LogP contribution in [0, 0.1) is 35.4 Å². The molecule has 6 rings (SSSR count). The quantitative estimate of drug-likeness (QED) is 0.388. The Balaban J connectivity index is 0.000000247. The number of nitrogens with zero attached hydrogens (tertiary/aromatic N) is 6. The zero-order valence-electron chi connectivity index (χ0n) is 20.2. The molecule has 0 saturated carbocycles. The Labute approximate surface area is 213 Å². The van der Waals surface area contributed by atoms with Crippen LogP contribution >= 0.6 is 11.8 Å². The Kier molecular flexibility index (Phi) is 6.77. The Bertz CT molecular complexity index is 1480. The number of benzene rings is 1. The lowest BCUT2D eigenvalue weighted by Crippen LogP contribution is -2.35. The van der Waals surface area contributed by atoms with Gasteiger partial charge in [0.1, 0.15) is 18.0 Å². The van der Waals surface area contributed by atoms with E-state index in [1.165, 1.54) is 62.2 Å². The molecule has 1 N–H and O–H groups in total. The smallest absolute Gasteiger partial charge is 0.124 e. The van der Waals surface area contributed by atoms with Gasteiger partial charge in [-0.25, -0.2) is 8.91 Å². The molecule has 2 aliphatic rings. The number of nitrogens with one attached hydrogen (secondary N) is 1. The molecule has 4 aromatic rings. The topological polar surface area (TPSA) is 96.8 Å². The van der Waals surface area contributed by atoms with Gasteiger partial charge in [0.15, 0.2) is 0 Å². The van der Waals surface area contributed by atoms with Gasteiger partial charge >= 0.3 is 0 Å². The average Bonchev–Trinajstić information content (AvgIpc) is 3.54. The number of H-pyrrole nitrogens is 1. The van der Waals surface area contributed by atoms with Crippen molar-refractivity contribution in [1.29, 1.82) is 10.5 Å². The van der Waals surface area contributed by atoms with E-state index in [1.54, 1.807) is 16.8 Å². The molecule has 0 radical (unpaired) electrons. The molecule has 182 valence electrons. The number of halogens is 1. The number of fused-ring (bicyclic) bond motifs is 3. The molecule has 36 heavy (non-hydrogen) atoms. The summed E-state index contributed by atoms with van der Waals surface area (Å²) in [7, 11) is 2.29. The van der Waals surface area contributed by atoms with Crippen molar-refractivity contribution in [2.45, 2.75) is 60.9 Å². The number of aromatic amines is 1. The third-order valence-electron chi connectivity index (χ3n) is 7.18. The first-order valence-electron chi connectivity index (χ1n) is 12.0. The minimum atomic E-state index is -0.467. The van der Waals surface area contributed by atoms with Crippen LogP contribution in [0.4, 0.5) is 4.39 Å². The van der Waals surface area contributed by atoms with Crippen molar-refractivity contribution < 1.29 is 4.39 Å². The van der Waals surface area contributed by atoms with Gasteiger partial charge in [0, 0.05) is 44.9 Å². The van der Waals surface area contributed by atoms with Crippen LogP contribution in [0.3, 0.4) is 0 Å². The first kappa shape index (κ1) is 24.1. The zero-order chi connectivity index (χ0) is 25.2. The van der Waals surface area contributed by atoms with Gasteiger partial charge in [-0.2, -0.15) is 20.7 Å². The molecule has 0 spiro atoms. The number of aryl methyl sites for hydroxylation is 1. The Morgan fingerprint density at radius 3 is 2.42 bits per heavy atom. The molecule has 0 aliphatic carbocycles. The molecule has 9 heteroatoms. The second kappa shape index (κ2) is 10.1. The van der Waals surface area contributed by atoms with Crippen LogP contribution in [0.1, 0.15) is 48.9 Å². The van der Waals surface area contributed by atoms with Gasteiger partial charge in [0.05, 0.1) is 29.0 Å². The maximum absolute atomic E-state index is 13.5. The van der Waals surface area contributed by atoms with Crippen molar-refractivity contribution in [3.05, 3.63) is 65.5 Å². The van der Waals surface area contributed by atoms with Crippen molar-refractivity contribution in [2.24, 2.45) is 0 Å². The fourth-order valence-corrected chi connectivity index (χ4v) is 6.28. The maximum Gasteiger partial charge on any atom is 0.124 e. The number of rotatable bonds is 3. The Morgan fingerprint density at radius 2 is 1.78 bits per heavy atom. The lowest BCUT2D eigenvalue weighted by molar-refractivity contribution is 0.179. The van der Waals surface area contributed by atoms with Gasteiger partial charge in [-0.15, -0.1) is 0 Å². The highest BCUT2D eigenvalue weighted by atomic mass is 32.2. The fourth-order valence-electron chi connectivity index (χ4n) is 5.21. The first-order chi connectivity index (χ1) is 17.5. The molecular formula is C27H26FN7S. The summed E-state index contributed by atoms with van der Waals surface area (Å²) in [5, 5.41) is 30.0. The summed E-state index contributed by atoms with van der Waals surface area (Å²) in [5.41, 5.74) is 3.98. The molecule has 2 fully saturated rings. The van der Waals surface area contributed by atoms with E-state index in [1.807, 2.05) is 25.3 Å². The number of pyridine rings is 1. The standard InChI is InChI=1S/C19H11FN6S.C8H15N/c1-11-16(9-23-25-11)13-5-18(19-14(7-22)8-24-26(19)10-13)27-17-3-2-15(20)4-12(17)6-21;1-9-7-3-2-4-8(9)6-5-7/h2-5,8-10H,1H3,(H,23,25);7-8H,2-6H2,1H3. The zero-order valence-corrected chi connectivity index (χ0v) is 21.0. The van der Waals surface area contributed by atoms with Gasteiger partial charge in [-0.05, 0) is 63.9 Å². The first-order valence-corrected chi connectivity index (χ1v) is 12.8. The van der Waals surface area contributed by atoms with E-state index in [9.17, 15) is 14.9 Å². The molecule has 7 nitrogen and oxygen atoms in total. The van der Waals surface area contributed by atoms with E-state index in [0.29, 0.717) is 16.0 Å². The second-order valence-corrected chi connectivity index (χ2v) is 10.4.